The Morgan fingerprint density at radius 3 is 2.52 bits per heavy atom. The number of ether oxygens (including phenoxy) is 1. The summed E-state index contributed by atoms with van der Waals surface area (Å²) in [7, 11) is 1.91. The van der Waals surface area contributed by atoms with Gasteiger partial charge in [-0.2, -0.15) is 5.10 Å². The molecule has 0 saturated heterocycles. The van der Waals surface area contributed by atoms with E-state index >= 15 is 0 Å². The molecule has 2 atom stereocenters. The van der Waals surface area contributed by atoms with Gasteiger partial charge in [-0.05, 0) is 52.3 Å². The number of hydrogen-bond acceptors (Lipinski definition) is 3. The van der Waals surface area contributed by atoms with Crippen LogP contribution in [-0.2, 0) is 7.05 Å². The molecule has 2 rings (SSSR count). The highest BCUT2D eigenvalue weighted by Crippen LogP contribution is 2.21. The second-order valence-electron chi connectivity index (χ2n) is 6.27. The van der Waals surface area contributed by atoms with Gasteiger partial charge in [0.1, 0.15) is 5.75 Å². The van der Waals surface area contributed by atoms with E-state index in [-0.39, 0.29) is 18.1 Å². The summed E-state index contributed by atoms with van der Waals surface area (Å²) in [4.78, 5) is 12.4. The van der Waals surface area contributed by atoms with E-state index in [4.69, 9.17) is 4.74 Å². The van der Waals surface area contributed by atoms with Gasteiger partial charge in [0.05, 0.1) is 24.4 Å². The second kappa shape index (κ2) is 8.05. The molecule has 2 aromatic rings. The van der Waals surface area contributed by atoms with Gasteiger partial charge in [-0.25, -0.2) is 4.79 Å². The number of aromatic nitrogens is 2. The van der Waals surface area contributed by atoms with Crippen molar-refractivity contribution in [2.45, 2.75) is 46.7 Å². The van der Waals surface area contributed by atoms with Crippen LogP contribution in [0.5, 0.6) is 5.75 Å². The first-order valence-corrected chi connectivity index (χ1v) is 8.63. The van der Waals surface area contributed by atoms with Crippen LogP contribution in [0.3, 0.4) is 0 Å². The van der Waals surface area contributed by atoms with Crippen LogP contribution in [0.25, 0.3) is 0 Å². The van der Waals surface area contributed by atoms with Crippen LogP contribution in [0.15, 0.2) is 24.3 Å². The van der Waals surface area contributed by atoms with Crippen LogP contribution >= 0.6 is 0 Å². The maximum absolute atomic E-state index is 12.4. The molecule has 0 aliphatic rings. The van der Waals surface area contributed by atoms with Gasteiger partial charge in [-0.3, -0.25) is 4.68 Å². The first-order valence-electron chi connectivity index (χ1n) is 8.63. The summed E-state index contributed by atoms with van der Waals surface area (Å²) < 4.78 is 7.35. The Balaban J connectivity index is 2.00. The fourth-order valence-corrected chi connectivity index (χ4v) is 3.05. The Morgan fingerprint density at radius 1 is 1.24 bits per heavy atom. The van der Waals surface area contributed by atoms with Crippen molar-refractivity contribution in [2.75, 3.05) is 6.61 Å². The molecule has 6 nitrogen and oxygen atoms in total. The Hall–Kier alpha value is -2.50. The van der Waals surface area contributed by atoms with Crippen molar-refractivity contribution in [3.63, 3.8) is 0 Å². The van der Waals surface area contributed by atoms with Gasteiger partial charge in [0.25, 0.3) is 0 Å². The predicted molar refractivity (Wildman–Crippen MR) is 98.8 cm³/mol. The Bertz CT molecular complexity index is 739. The summed E-state index contributed by atoms with van der Waals surface area (Å²) in [5, 5.41) is 10.4. The SMILES string of the molecule is CCOc1cccc(C(C)NC(=O)NC(C)c2c(C)nn(C)c2C)c1. The number of urea groups is 1. The molecule has 0 spiro atoms. The predicted octanol–water partition coefficient (Wildman–Crippen LogP) is 3.56. The Kier molecular flexibility index (Phi) is 6.07. The van der Waals surface area contributed by atoms with Gasteiger partial charge in [0.15, 0.2) is 0 Å². The molecular weight excluding hydrogens is 316 g/mol. The summed E-state index contributed by atoms with van der Waals surface area (Å²) in [6.45, 7) is 10.5. The minimum atomic E-state index is -0.204. The number of carbonyl (C=O) groups excluding carboxylic acids is 1. The lowest BCUT2D eigenvalue weighted by molar-refractivity contribution is 0.235. The van der Waals surface area contributed by atoms with Crippen molar-refractivity contribution < 1.29 is 9.53 Å². The molecule has 0 radical (unpaired) electrons. The minimum Gasteiger partial charge on any atom is -0.494 e. The van der Waals surface area contributed by atoms with Crippen molar-refractivity contribution >= 4 is 6.03 Å². The van der Waals surface area contributed by atoms with Crippen LogP contribution in [-0.4, -0.2) is 22.4 Å². The van der Waals surface area contributed by atoms with Crippen LogP contribution < -0.4 is 15.4 Å². The number of nitrogens with zero attached hydrogens (tertiary/aromatic N) is 2. The minimum absolute atomic E-state index is 0.115. The van der Waals surface area contributed by atoms with E-state index in [1.165, 1.54) is 0 Å². The van der Waals surface area contributed by atoms with Gasteiger partial charge >= 0.3 is 6.03 Å². The van der Waals surface area contributed by atoms with Gasteiger partial charge < -0.3 is 15.4 Å². The Labute approximate surface area is 149 Å². The van der Waals surface area contributed by atoms with Crippen LogP contribution in [0, 0.1) is 13.8 Å². The smallest absolute Gasteiger partial charge is 0.315 e. The molecule has 6 heteroatoms. The standard InChI is InChI=1S/C19H28N4O2/c1-7-25-17-10-8-9-16(11-17)12(2)20-19(24)21-13(3)18-14(4)22-23(6)15(18)5/h8-13H,7H2,1-6H3,(H2,20,21,24). The van der Waals surface area contributed by atoms with Crippen LogP contribution in [0.2, 0.25) is 0 Å². The summed E-state index contributed by atoms with van der Waals surface area (Å²) in [6, 6.07) is 7.33. The lowest BCUT2D eigenvalue weighted by Gasteiger charge is -2.19. The molecule has 0 saturated carbocycles. The molecule has 2 amide bonds. The van der Waals surface area contributed by atoms with Gasteiger partial charge in [0.2, 0.25) is 0 Å². The summed E-state index contributed by atoms with van der Waals surface area (Å²) in [6.07, 6.45) is 0. The second-order valence-corrected chi connectivity index (χ2v) is 6.27. The third kappa shape index (κ3) is 4.53. The summed E-state index contributed by atoms with van der Waals surface area (Å²) in [5.41, 5.74) is 4.05. The summed E-state index contributed by atoms with van der Waals surface area (Å²) >= 11 is 0. The average molecular weight is 344 g/mol. The van der Waals surface area contributed by atoms with Crippen molar-refractivity contribution in [1.82, 2.24) is 20.4 Å². The van der Waals surface area contributed by atoms with E-state index in [2.05, 4.69) is 15.7 Å². The largest absolute Gasteiger partial charge is 0.494 e. The molecule has 0 aliphatic heterocycles. The molecule has 0 bridgehead atoms. The van der Waals surface area contributed by atoms with Crippen molar-refractivity contribution in [3.05, 3.63) is 46.8 Å². The average Bonchev–Trinajstić information content (AvgIpc) is 2.80. The van der Waals surface area contributed by atoms with E-state index in [1.807, 2.05) is 70.6 Å². The van der Waals surface area contributed by atoms with Crippen LogP contribution in [0.4, 0.5) is 4.79 Å². The molecular formula is C19H28N4O2. The molecule has 1 aromatic heterocycles. The fourth-order valence-electron chi connectivity index (χ4n) is 3.05. The van der Waals surface area contributed by atoms with E-state index in [1.54, 1.807) is 0 Å². The van der Waals surface area contributed by atoms with Gasteiger partial charge in [-0.1, -0.05) is 12.1 Å². The number of hydrogen-bond donors (Lipinski definition) is 2. The lowest BCUT2D eigenvalue weighted by Crippen LogP contribution is -2.38. The number of benzene rings is 1. The number of amides is 2. The highest BCUT2D eigenvalue weighted by atomic mass is 16.5. The van der Waals surface area contributed by atoms with Gasteiger partial charge in [-0.15, -0.1) is 0 Å². The lowest BCUT2D eigenvalue weighted by atomic mass is 10.1. The molecule has 0 aliphatic carbocycles. The molecule has 1 heterocycles. The first-order chi connectivity index (χ1) is 11.8. The van der Waals surface area contributed by atoms with E-state index < -0.39 is 0 Å². The maximum Gasteiger partial charge on any atom is 0.315 e. The molecule has 1 aromatic carbocycles. The molecule has 136 valence electrons. The molecule has 2 N–H and O–H groups in total. The quantitative estimate of drug-likeness (QED) is 0.842. The number of nitrogens with one attached hydrogen (secondary N) is 2. The summed E-state index contributed by atoms with van der Waals surface area (Å²) in [5.74, 6) is 0.809. The molecule has 2 unspecified atom stereocenters. The molecule has 25 heavy (non-hydrogen) atoms. The van der Waals surface area contributed by atoms with Crippen molar-refractivity contribution in [3.8, 4) is 5.75 Å². The van der Waals surface area contributed by atoms with Crippen molar-refractivity contribution in [2.24, 2.45) is 7.05 Å². The zero-order valence-corrected chi connectivity index (χ0v) is 15.9. The zero-order chi connectivity index (χ0) is 18.6. The van der Waals surface area contributed by atoms with Crippen molar-refractivity contribution in [1.29, 1.82) is 0 Å². The van der Waals surface area contributed by atoms with Gasteiger partial charge in [0, 0.05) is 18.3 Å². The number of aryl methyl sites for hydroxylation is 2. The highest BCUT2D eigenvalue weighted by Gasteiger charge is 2.19. The normalized spacial score (nSPS) is 13.2. The van der Waals surface area contributed by atoms with E-state index in [0.29, 0.717) is 6.61 Å². The highest BCUT2D eigenvalue weighted by molar-refractivity contribution is 5.75. The monoisotopic (exact) mass is 344 g/mol. The fraction of sp³-hybridized carbons (Fsp3) is 0.474. The number of rotatable bonds is 6. The van der Waals surface area contributed by atoms with E-state index in [0.717, 1.165) is 28.3 Å². The molecule has 0 fully saturated rings. The van der Waals surface area contributed by atoms with Crippen LogP contribution in [0.1, 0.15) is 55.4 Å². The first kappa shape index (κ1) is 18.8. The maximum atomic E-state index is 12.4. The number of carbonyl (C=O) groups is 1. The Morgan fingerprint density at radius 2 is 1.92 bits per heavy atom. The third-order valence-corrected chi connectivity index (χ3v) is 4.36. The van der Waals surface area contributed by atoms with E-state index in [9.17, 15) is 4.79 Å². The topological polar surface area (TPSA) is 68.2 Å². The third-order valence-electron chi connectivity index (χ3n) is 4.36. The zero-order valence-electron chi connectivity index (χ0n) is 15.9.